The zero-order valence-corrected chi connectivity index (χ0v) is 6.79. The third kappa shape index (κ3) is 19.7. The van der Waals surface area contributed by atoms with Crippen LogP contribution in [0.3, 0.4) is 0 Å². The number of rotatable bonds is 1. The highest BCUT2D eigenvalue weighted by Crippen LogP contribution is 2.09. The van der Waals surface area contributed by atoms with Crippen LogP contribution in [0.25, 0.3) is 0 Å². The molecule has 0 unspecified atom stereocenters. The first kappa shape index (κ1) is 10.1. The molecule has 0 spiro atoms. The van der Waals surface area contributed by atoms with Gasteiger partial charge in [0.15, 0.2) is 0 Å². The maximum Gasteiger partial charge on any atom is -0.00793 e. The molecule has 0 atom stereocenters. The molecule has 0 N–H and O–H groups in total. The van der Waals surface area contributed by atoms with Crippen molar-refractivity contribution in [2.24, 2.45) is 0 Å². The van der Waals surface area contributed by atoms with Gasteiger partial charge in [-0.05, 0) is 18.8 Å². The highest BCUT2D eigenvalue weighted by Gasteiger charge is 1.55. The molecule has 6 heavy (non-hydrogen) atoms. The fraction of sp³-hybridized carbons (Fsp3) is 1.00. The van der Waals surface area contributed by atoms with Crippen LogP contribution in [0.4, 0.5) is 0 Å². The van der Waals surface area contributed by atoms with Gasteiger partial charge in [0.1, 0.15) is 0 Å². The molecule has 0 aliphatic carbocycles. The lowest BCUT2D eigenvalue weighted by Crippen LogP contribution is -1.28. The predicted molar refractivity (Wildman–Crippen MR) is 41.9 cm³/mol. The van der Waals surface area contributed by atoms with Crippen LogP contribution in [0.15, 0.2) is 0 Å². The fourth-order valence-corrected chi connectivity index (χ4v) is 0. The fourth-order valence-electron chi connectivity index (χ4n) is 0. The Kier molecular flexibility index (Phi) is 28.0. The Bertz CT molecular complexity index is 8.00. The second kappa shape index (κ2) is 16.6. The van der Waals surface area contributed by atoms with Crippen molar-refractivity contribution < 1.29 is 0 Å². The molecule has 0 radical (unpaired) electrons. The van der Waals surface area contributed by atoms with Crippen LogP contribution in [0.2, 0.25) is 0 Å². The average molecular weight is 142 g/mol. The van der Waals surface area contributed by atoms with E-state index in [4.69, 9.17) is 0 Å². The normalized spacial score (nSPS) is 6.00. The Balaban J connectivity index is 0. The number of hydrogen-bond donors (Lipinski definition) is 1. The molecule has 0 fully saturated rings. The standard InChI is InChI=1S/C2H6S2.CH4S/c1-3-4-2;1-2/h1-2H3;2H,1H3. The van der Waals surface area contributed by atoms with Crippen LogP contribution >= 0.6 is 34.2 Å². The van der Waals surface area contributed by atoms with Crippen LogP contribution in [-0.2, 0) is 0 Å². The molecule has 0 rings (SSSR count). The minimum Gasteiger partial charge on any atom is -0.183 e. The van der Waals surface area contributed by atoms with Crippen molar-refractivity contribution in [1.82, 2.24) is 0 Å². The summed E-state index contributed by atoms with van der Waals surface area (Å²) in [7, 11) is 3.55. The summed E-state index contributed by atoms with van der Waals surface area (Å²) in [6.07, 6.45) is 5.81. The van der Waals surface area contributed by atoms with E-state index in [1.54, 1.807) is 27.8 Å². The van der Waals surface area contributed by atoms with Gasteiger partial charge in [0, 0.05) is 0 Å². The van der Waals surface area contributed by atoms with E-state index < -0.39 is 0 Å². The van der Waals surface area contributed by atoms with Crippen molar-refractivity contribution >= 4 is 34.2 Å². The van der Waals surface area contributed by atoms with Gasteiger partial charge in [-0.3, -0.25) is 0 Å². The maximum atomic E-state index is 3.53. The lowest BCUT2D eigenvalue weighted by atomic mass is 12.0. The molecule has 3 heteroatoms. The first-order valence-corrected chi connectivity index (χ1v) is 5.29. The summed E-state index contributed by atoms with van der Waals surface area (Å²) in [5.74, 6) is 0. The van der Waals surface area contributed by atoms with E-state index in [0.29, 0.717) is 0 Å². The molecule has 0 aliphatic heterocycles. The molecule has 0 aromatic rings. The quantitative estimate of drug-likeness (QED) is 0.440. The van der Waals surface area contributed by atoms with E-state index in [1.807, 2.05) is 0 Å². The Hall–Kier alpha value is 1.05. The lowest BCUT2D eigenvalue weighted by molar-refractivity contribution is 2.51. The Labute approximate surface area is 53.3 Å². The highest BCUT2D eigenvalue weighted by molar-refractivity contribution is 8.76. The van der Waals surface area contributed by atoms with Crippen molar-refractivity contribution in [3.05, 3.63) is 0 Å². The summed E-state index contributed by atoms with van der Waals surface area (Å²) >= 11 is 3.53. The van der Waals surface area contributed by atoms with Gasteiger partial charge in [0.2, 0.25) is 0 Å². The monoisotopic (exact) mass is 142 g/mol. The SMILES string of the molecule is CS.CSSC. The van der Waals surface area contributed by atoms with E-state index in [9.17, 15) is 0 Å². The zero-order valence-electron chi connectivity index (χ0n) is 4.26. The summed E-state index contributed by atoms with van der Waals surface area (Å²) in [6.45, 7) is 0. The van der Waals surface area contributed by atoms with Gasteiger partial charge in [-0.15, -0.1) is 0 Å². The Morgan fingerprint density at radius 2 is 1.17 bits per heavy atom. The molecule has 0 aliphatic rings. The first-order chi connectivity index (χ1) is 2.91. The molecule has 0 saturated heterocycles. The van der Waals surface area contributed by atoms with Gasteiger partial charge in [0.05, 0.1) is 0 Å². The van der Waals surface area contributed by atoms with Gasteiger partial charge in [-0.1, -0.05) is 21.6 Å². The molecule has 0 aromatic heterocycles. The van der Waals surface area contributed by atoms with Crippen molar-refractivity contribution in [1.29, 1.82) is 0 Å². The molecular weight excluding hydrogens is 132 g/mol. The van der Waals surface area contributed by atoms with E-state index in [-0.39, 0.29) is 0 Å². The predicted octanol–water partition coefficient (Wildman–Crippen LogP) is 2.17. The summed E-state index contributed by atoms with van der Waals surface area (Å²) in [5.41, 5.74) is 0. The topological polar surface area (TPSA) is 0 Å². The Morgan fingerprint density at radius 3 is 1.17 bits per heavy atom. The summed E-state index contributed by atoms with van der Waals surface area (Å²) < 4.78 is 0. The van der Waals surface area contributed by atoms with Gasteiger partial charge < -0.3 is 0 Å². The zero-order chi connectivity index (χ0) is 5.41. The van der Waals surface area contributed by atoms with Crippen molar-refractivity contribution in [2.45, 2.75) is 0 Å². The molecule has 0 saturated carbocycles. The van der Waals surface area contributed by atoms with Crippen LogP contribution in [0.5, 0.6) is 0 Å². The second-order valence-corrected chi connectivity index (χ2v) is 3.00. The van der Waals surface area contributed by atoms with Crippen molar-refractivity contribution in [2.75, 3.05) is 18.8 Å². The van der Waals surface area contributed by atoms with Gasteiger partial charge in [-0.2, -0.15) is 12.6 Å². The average Bonchev–Trinajstić information content (AvgIpc) is 1.72. The molecule has 40 valence electrons. The van der Waals surface area contributed by atoms with E-state index in [2.05, 4.69) is 25.1 Å². The Morgan fingerprint density at radius 1 is 1.00 bits per heavy atom. The highest BCUT2D eigenvalue weighted by atomic mass is 33.1. The van der Waals surface area contributed by atoms with Crippen LogP contribution in [0, 0.1) is 0 Å². The smallest absolute Gasteiger partial charge is 0.00793 e. The molecule has 0 amide bonds. The lowest BCUT2D eigenvalue weighted by Gasteiger charge is -1.69. The number of thiol groups is 1. The van der Waals surface area contributed by atoms with E-state index in [1.165, 1.54) is 0 Å². The summed E-state index contributed by atoms with van der Waals surface area (Å²) in [5, 5.41) is 0. The largest absolute Gasteiger partial charge is 0.183 e. The molecule has 0 aromatic carbocycles. The van der Waals surface area contributed by atoms with Crippen molar-refractivity contribution in [3.8, 4) is 0 Å². The maximum absolute atomic E-state index is 3.53. The first-order valence-electron chi connectivity index (χ1n) is 1.43. The minimum absolute atomic E-state index is 1.69. The van der Waals surface area contributed by atoms with E-state index >= 15 is 0 Å². The molecule has 0 bridgehead atoms. The van der Waals surface area contributed by atoms with Crippen LogP contribution in [-0.4, -0.2) is 18.8 Å². The molecule has 0 nitrogen and oxygen atoms in total. The second-order valence-electron chi connectivity index (χ2n) is 0.333. The van der Waals surface area contributed by atoms with Gasteiger partial charge in [-0.25, -0.2) is 0 Å². The van der Waals surface area contributed by atoms with E-state index in [0.717, 1.165) is 0 Å². The van der Waals surface area contributed by atoms with Gasteiger partial charge >= 0.3 is 0 Å². The van der Waals surface area contributed by atoms with Gasteiger partial charge in [0.25, 0.3) is 0 Å². The third-order valence-electron chi connectivity index (χ3n) is 0.167. The number of hydrogen-bond acceptors (Lipinski definition) is 3. The van der Waals surface area contributed by atoms with Crippen LogP contribution < -0.4 is 0 Å². The molecule has 0 heterocycles. The molecular formula is C3H10S3. The third-order valence-corrected chi connectivity index (χ3v) is 1.50. The summed E-state index contributed by atoms with van der Waals surface area (Å²) in [6, 6.07) is 0. The minimum atomic E-state index is 1.69. The van der Waals surface area contributed by atoms with Crippen molar-refractivity contribution in [3.63, 3.8) is 0 Å². The van der Waals surface area contributed by atoms with Crippen LogP contribution in [0.1, 0.15) is 0 Å². The summed E-state index contributed by atoms with van der Waals surface area (Å²) in [4.78, 5) is 0.